The Bertz CT molecular complexity index is 1600. The van der Waals surface area contributed by atoms with Crippen LogP contribution in [0, 0.1) is 0 Å². The molecule has 0 saturated carbocycles. The molecule has 2 aromatic carbocycles. The Hall–Kier alpha value is -3.63. The zero-order valence-corrected chi connectivity index (χ0v) is 21.9. The Morgan fingerprint density at radius 1 is 1.00 bits per heavy atom. The second-order valence-electron chi connectivity index (χ2n) is 8.97. The van der Waals surface area contributed by atoms with Crippen molar-refractivity contribution in [2.24, 2.45) is 4.99 Å². The lowest BCUT2D eigenvalue weighted by atomic mass is 10.2. The summed E-state index contributed by atoms with van der Waals surface area (Å²) in [7, 11) is -3.60. The third-order valence-corrected chi connectivity index (χ3v) is 8.79. The van der Waals surface area contributed by atoms with Crippen LogP contribution in [0.25, 0.3) is 16.7 Å². The number of carbonyl (C=O) groups is 1. The van der Waals surface area contributed by atoms with Crippen molar-refractivity contribution in [3.63, 3.8) is 0 Å². The zero-order valence-electron chi connectivity index (χ0n) is 21.0. The molecule has 10 heteroatoms. The smallest absolute Gasteiger partial charge is 0.278 e. The lowest BCUT2D eigenvalue weighted by Crippen LogP contribution is -2.30. The largest absolute Gasteiger partial charge is 0.314 e. The molecule has 1 amide bonds. The molecule has 0 N–H and O–H groups in total. The number of benzene rings is 2. The summed E-state index contributed by atoms with van der Waals surface area (Å²) in [6.07, 6.45) is 5.59. The van der Waals surface area contributed by atoms with Crippen LogP contribution in [-0.4, -0.2) is 51.1 Å². The summed E-state index contributed by atoms with van der Waals surface area (Å²) < 4.78 is 30.8. The fourth-order valence-electron chi connectivity index (χ4n) is 4.73. The normalized spacial score (nSPS) is 14.6. The average molecular weight is 519 g/mol. The molecule has 4 aromatic rings. The number of sulfonamides is 1. The number of rotatable bonds is 6. The van der Waals surface area contributed by atoms with E-state index in [1.165, 1.54) is 28.6 Å². The molecule has 0 bridgehead atoms. The lowest BCUT2D eigenvalue weighted by molar-refractivity contribution is 0.0997. The molecular formula is C27H30N6O3S. The number of para-hydroxylation sites is 1. The summed E-state index contributed by atoms with van der Waals surface area (Å²) in [6.45, 7) is 5.08. The van der Waals surface area contributed by atoms with Crippen LogP contribution in [0.2, 0.25) is 0 Å². The summed E-state index contributed by atoms with van der Waals surface area (Å²) in [5.74, 6) is 0.445. The van der Waals surface area contributed by atoms with Gasteiger partial charge >= 0.3 is 0 Å². The Kier molecular flexibility index (Phi) is 7.03. The van der Waals surface area contributed by atoms with E-state index in [0.717, 1.165) is 43.7 Å². The van der Waals surface area contributed by atoms with Crippen molar-refractivity contribution in [3.05, 3.63) is 77.7 Å². The third-order valence-electron chi connectivity index (χ3n) is 6.72. The summed E-state index contributed by atoms with van der Waals surface area (Å²) >= 11 is 0. The van der Waals surface area contributed by atoms with Crippen LogP contribution in [0.1, 0.15) is 49.3 Å². The van der Waals surface area contributed by atoms with Gasteiger partial charge in [-0.05, 0) is 49.2 Å². The number of carbonyl (C=O) groups excluding carboxylic acids is 1. The molecule has 9 nitrogen and oxygen atoms in total. The molecule has 5 rings (SSSR count). The van der Waals surface area contributed by atoms with Crippen molar-refractivity contribution in [2.45, 2.75) is 51.0 Å². The first-order valence-electron chi connectivity index (χ1n) is 12.7. The van der Waals surface area contributed by atoms with E-state index in [0.29, 0.717) is 35.2 Å². The van der Waals surface area contributed by atoms with E-state index in [4.69, 9.17) is 4.98 Å². The first kappa shape index (κ1) is 25.0. The van der Waals surface area contributed by atoms with Crippen LogP contribution in [0.15, 0.2) is 70.7 Å². The maximum Gasteiger partial charge on any atom is 0.278 e. The first-order valence-corrected chi connectivity index (χ1v) is 14.1. The van der Waals surface area contributed by atoms with Gasteiger partial charge in [-0.1, -0.05) is 38.5 Å². The van der Waals surface area contributed by atoms with Crippen molar-refractivity contribution in [1.29, 1.82) is 0 Å². The summed E-state index contributed by atoms with van der Waals surface area (Å²) in [5.41, 5.74) is 2.40. The minimum atomic E-state index is -3.60. The topological polar surface area (TPSA) is 102 Å². The predicted octanol–water partition coefficient (Wildman–Crippen LogP) is 3.72. The molecule has 0 spiro atoms. The number of hydrogen-bond acceptors (Lipinski definition) is 5. The van der Waals surface area contributed by atoms with E-state index in [-0.39, 0.29) is 4.90 Å². The maximum atomic E-state index is 13.3. The van der Waals surface area contributed by atoms with Gasteiger partial charge in [-0.25, -0.2) is 18.1 Å². The Morgan fingerprint density at radius 3 is 2.43 bits per heavy atom. The highest BCUT2D eigenvalue weighted by atomic mass is 32.2. The molecule has 0 atom stereocenters. The van der Waals surface area contributed by atoms with Gasteiger partial charge in [0.25, 0.3) is 5.91 Å². The molecule has 0 radical (unpaired) electrons. The van der Waals surface area contributed by atoms with Gasteiger partial charge in [0, 0.05) is 31.6 Å². The van der Waals surface area contributed by atoms with Crippen molar-refractivity contribution in [3.8, 4) is 5.69 Å². The van der Waals surface area contributed by atoms with Gasteiger partial charge in [-0.2, -0.15) is 14.4 Å². The second-order valence-corrected chi connectivity index (χ2v) is 10.9. The zero-order chi connectivity index (χ0) is 26.0. The molecule has 37 heavy (non-hydrogen) atoms. The SMILES string of the molecule is CCN(CC)S(=O)(=O)c1ccc(C(=O)N=c2c3cnn(-c4ccccc4)c3nc3n2CCCCC3)cc1. The van der Waals surface area contributed by atoms with Crippen molar-refractivity contribution >= 4 is 27.0 Å². The summed E-state index contributed by atoms with van der Waals surface area (Å²) in [6, 6.07) is 15.8. The highest BCUT2D eigenvalue weighted by molar-refractivity contribution is 7.89. The highest BCUT2D eigenvalue weighted by Gasteiger charge is 2.22. The monoisotopic (exact) mass is 518 g/mol. The van der Waals surface area contributed by atoms with Gasteiger partial charge in [-0.3, -0.25) is 4.79 Å². The van der Waals surface area contributed by atoms with Crippen LogP contribution >= 0.6 is 0 Å². The van der Waals surface area contributed by atoms with E-state index in [1.54, 1.807) is 24.7 Å². The Morgan fingerprint density at radius 2 is 1.73 bits per heavy atom. The standard InChI is InChI=1S/C27H30N6O3S/c1-3-31(4-2)37(35,36)22-16-14-20(15-17-22)27(34)30-25-23-19-28-33(21-11-7-5-8-12-21)26(23)29-24-13-9-6-10-18-32(24)25/h5,7-8,11-12,14-17,19H,3-4,6,9-10,13,18H2,1-2H3. The maximum absolute atomic E-state index is 13.3. The van der Waals surface area contributed by atoms with Crippen LogP contribution in [-0.2, 0) is 23.0 Å². The number of fused-ring (bicyclic) bond motifs is 2. The number of hydrogen-bond donors (Lipinski definition) is 0. The molecule has 0 aliphatic carbocycles. The molecule has 0 unspecified atom stereocenters. The molecule has 2 aromatic heterocycles. The third kappa shape index (κ3) is 4.74. The second kappa shape index (κ2) is 10.4. The molecule has 1 aliphatic heterocycles. The van der Waals surface area contributed by atoms with Gasteiger partial charge in [-0.15, -0.1) is 0 Å². The van der Waals surface area contributed by atoms with Gasteiger partial charge in [0.1, 0.15) is 5.82 Å². The first-order chi connectivity index (χ1) is 17.9. The summed E-state index contributed by atoms with van der Waals surface area (Å²) in [5, 5.41) is 5.27. The molecule has 1 aliphatic rings. The number of nitrogens with zero attached hydrogens (tertiary/aromatic N) is 6. The summed E-state index contributed by atoms with van der Waals surface area (Å²) in [4.78, 5) is 23.0. The Labute approximate surface area is 216 Å². The minimum absolute atomic E-state index is 0.159. The van der Waals surface area contributed by atoms with Crippen molar-refractivity contribution < 1.29 is 13.2 Å². The van der Waals surface area contributed by atoms with Gasteiger partial charge in [0.15, 0.2) is 11.1 Å². The number of amides is 1. The van der Waals surface area contributed by atoms with Crippen LogP contribution in [0.3, 0.4) is 0 Å². The highest BCUT2D eigenvalue weighted by Crippen LogP contribution is 2.19. The quantitative estimate of drug-likeness (QED) is 0.387. The van der Waals surface area contributed by atoms with E-state index >= 15 is 0 Å². The van der Waals surface area contributed by atoms with Crippen LogP contribution < -0.4 is 5.49 Å². The average Bonchev–Trinajstić information content (AvgIpc) is 3.19. The van der Waals surface area contributed by atoms with Gasteiger partial charge in [0.05, 0.1) is 22.2 Å². The van der Waals surface area contributed by atoms with Crippen LogP contribution in [0.4, 0.5) is 0 Å². The molecule has 3 heterocycles. The van der Waals surface area contributed by atoms with E-state index < -0.39 is 15.9 Å². The van der Waals surface area contributed by atoms with E-state index in [1.807, 2.05) is 34.9 Å². The fraction of sp³-hybridized carbons (Fsp3) is 0.333. The number of aromatic nitrogens is 4. The molecular weight excluding hydrogens is 488 g/mol. The molecule has 0 fully saturated rings. The lowest BCUT2D eigenvalue weighted by Gasteiger charge is -2.18. The van der Waals surface area contributed by atoms with E-state index in [9.17, 15) is 13.2 Å². The number of aryl methyl sites for hydroxylation is 1. The predicted molar refractivity (Wildman–Crippen MR) is 141 cm³/mol. The fourth-order valence-corrected chi connectivity index (χ4v) is 6.19. The van der Waals surface area contributed by atoms with E-state index in [2.05, 4.69) is 10.1 Å². The van der Waals surface area contributed by atoms with Crippen molar-refractivity contribution in [1.82, 2.24) is 23.6 Å². The van der Waals surface area contributed by atoms with Crippen LogP contribution in [0.5, 0.6) is 0 Å². The Balaban J connectivity index is 1.61. The molecule has 192 valence electrons. The van der Waals surface area contributed by atoms with Gasteiger partial charge < -0.3 is 4.57 Å². The van der Waals surface area contributed by atoms with Crippen molar-refractivity contribution in [2.75, 3.05) is 13.1 Å². The minimum Gasteiger partial charge on any atom is -0.314 e. The van der Waals surface area contributed by atoms with Gasteiger partial charge in [0.2, 0.25) is 10.0 Å². The molecule has 0 saturated heterocycles.